The Bertz CT molecular complexity index is 816. The van der Waals surface area contributed by atoms with E-state index in [1.54, 1.807) is 24.3 Å². The Kier molecular flexibility index (Phi) is 6.53. The van der Waals surface area contributed by atoms with Gasteiger partial charge in [-0.2, -0.15) is 0 Å². The van der Waals surface area contributed by atoms with E-state index >= 15 is 0 Å². The predicted molar refractivity (Wildman–Crippen MR) is 111 cm³/mol. The fourth-order valence-electron chi connectivity index (χ4n) is 2.80. The van der Waals surface area contributed by atoms with Crippen LogP contribution in [0.2, 0.25) is 0 Å². The lowest BCUT2D eigenvalue weighted by Gasteiger charge is -2.15. The van der Waals surface area contributed by atoms with Gasteiger partial charge in [0.05, 0.1) is 0 Å². The first-order chi connectivity index (χ1) is 13.5. The molecule has 2 aromatic rings. The molecule has 0 bridgehead atoms. The lowest BCUT2D eigenvalue weighted by Crippen LogP contribution is -2.30. The molecule has 1 aliphatic rings. The van der Waals surface area contributed by atoms with Crippen molar-refractivity contribution in [2.45, 2.75) is 45.1 Å². The predicted octanol–water partition coefficient (Wildman–Crippen LogP) is 4.50. The standard InChI is InChI=1S/C22H27N3O3/c1-3-15(2)19-6-4-5-7-20(19)28-14-21(26)23-16-8-10-17(11-9-16)24-22(27)25-18-12-13-18/h4-11,15,18H,3,12-14H2,1-2H3,(H,23,26)(H2,24,25,27). The average Bonchev–Trinajstić information content (AvgIpc) is 3.51. The SMILES string of the molecule is CCC(C)c1ccccc1OCC(=O)Nc1ccc(NC(=O)NC2CC2)cc1. The van der Waals surface area contributed by atoms with Gasteiger partial charge in [0.1, 0.15) is 5.75 Å². The highest BCUT2D eigenvalue weighted by molar-refractivity contribution is 5.93. The first-order valence-electron chi connectivity index (χ1n) is 9.74. The van der Waals surface area contributed by atoms with Crippen molar-refractivity contribution >= 4 is 23.3 Å². The van der Waals surface area contributed by atoms with Crippen LogP contribution in [0.4, 0.5) is 16.2 Å². The van der Waals surface area contributed by atoms with E-state index in [9.17, 15) is 9.59 Å². The number of urea groups is 1. The van der Waals surface area contributed by atoms with Gasteiger partial charge in [0, 0.05) is 17.4 Å². The zero-order chi connectivity index (χ0) is 19.9. The summed E-state index contributed by atoms with van der Waals surface area (Å²) in [5, 5.41) is 8.44. The molecule has 0 aliphatic heterocycles. The number of carbonyl (C=O) groups is 2. The van der Waals surface area contributed by atoms with Gasteiger partial charge in [0.15, 0.2) is 6.61 Å². The quantitative estimate of drug-likeness (QED) is 0.630. The number of carbonyl (C=O) groups excluding carboxylic acids is 2. The molecule has 6 nitrogen and oxygen atoms in total. The van der Waals surface area contributed by atoms with E-state index in [0.29, 0.717) is 23.3 Å². The minimum Gasteiger partial charge on any atom is -0.483 e. The molecule has 0 heterocycles. The van der Waals surface area contributed by atoms with E-state index < -0.39 is 0 Å². The summed E-state index contributed by atoms with van der Waals surface area (Å²) in [6.45, 7) is 4.21. The number of ether oxygens (including phenoxy) is 1. The molecule has 1 unspecified atom stereocenters. The van der Waals surface area contributed by atoms with Gasteiger partial charge in [-0.3, -0.25) is 4.79 Å². The summed E-state index contributed by atoms with van der Waals surface area (Å²) < 4.78 is 5.74. The minimum absolute atomic E-state index is 0.0583. The molecular formula is C22H27N3O3. The summed E-state index contributed by atoms with van der Waals surface area (Å²) >= 11 is 0. The Balaban J connectivity index is 1.49. The second-order valence-electron chi connectivity index (χ2n) is 7.13. The van der Waals surface area contributed by atoms with Crippen LogP contribution in [-0.4, -0.2) is 24.6 Å². The van der Waals surface area contributed by atoms with Crippen molar-refractivity contribution < 1.29 is 14.3 Å². The molecule has 3 N–H and O–H groups in total. The van der Waals surface area contributed by atoms with Gasteiger partial charge in [0.2, 0.25) is 0 Å². The van der Waals surface area contributed by atoms with Gasteiger partial charge in [-0.05, 0) is 61.1 Å². The van der Waals surface area contributed by atoms with Crippen LogP contribution in [0.3, 0.4) is 0 Å². The van der Waals surface area contributed by atoms with Crippen LogP contribution in [0.1, 0.15) is 44.6 Å². The van der Waals surface area contributed by atoms with E-state index in [1.807, 2.05) is 24.3 Å². The number of hydrogen-bond acceptors (Lipinski definition) is 3. The molecule has 0 spiro atoms. The molecule has 148 valence electrons. The number of para-hydroxylation sites is 1. The van der Waals surface area contributed by atoms with Crippen LogP contribution < -0.4 is 20.7 Å². The zero-order valence-corrected chi connectivity index (χ0v) is 16.3. The molecule has 3 rings (SSSR count). The first kappa shape index (κ1) is 19.7. The third kappa shape index (κ3) is 5.74. The number of benzene rings is 2. The fraction of sp³-hybridized carbons (Fsp3) is 0.364. The third-order valence-electron chi connectivity index (χ3n) is 4.76. The molecule has 1 atom stereocenters. The van der Waals surface area contributed by atoms with Crippen molar-refractivity contribution in [3.8, 4) is 5.75 Å². The number of nitrogens with one attached hydrogen (secondary N) is 3. The Morgan fingerprint density at radius 3 is 2.32 bits per heavy atom. The van der Waals surface area contributed by atoms with E-state index in [-0.39, 0.29) is 18.5 Å². The van der Waals surface area contributed by atoms with Gasteiger partial charge < -0.3 is 20.7 Å². The van der Waals surface area contributed by atoms with Crippen molar-refractivity contribution in [1.82, 2.24) is 5.32 Å². The summed E-state index contributed by atoms with van der Waals surface area (Å²) in [6.07, 6.45) is 3.09. The molecule has 1 fully saturated rings. The molecule has 2 aromatic carbocycles. The van der Waals surface area contributed by atoms with E-state index in [0.717, 1.165) is 30.6 Å². The number of hydrogen-bond donors (Lipinski definition) is 3. The van der Waals surface area contributed by atoms with Crippen LogP contribution >= 0.6 is 0 Å². The van der Waals surface area contributed by atoms with Crippen molar-refractivity contribution in [2.75, 3.05) is 17.2 Å². The molecule has 0 aromatic heterocycles. The zero-order valence-electron chi connectivity index (χ0n) is 16.3. The lowest BCUT2D eigenvalue weighted by atomic mass is 9.98. The second-order valence-corrected chi connectivity index (χ2v) is 7.13. The van der Waals surface area contributed by atoms with Gasteiger partial charge in [-0.15, -0.1) is 0 Å². The summed E-state index contributed by atoms with van der Waals surface area (Å²) in [4.78, 5) is 23.9. The normalized spacial score (nSPS) is 14.1. The van der Waals surface area contributed by atoms with Crippen LogP contribution in [0.25, 0.3) is 0 Å². The van der Waals surface area contributed by atoms with Crippen molar-refractivity contribution in [2.24, 2.45) is 0 Å². The Morgan fingerprint density at radius 2 is 1.68 bits per heavy atom. The van der Waals surface area contributed by atoms with E-state index in [4.69, 9.17) is 4.74 Å². The average molecular weight is 381 g/mol. The van der Waals surface area contributed by atoms with Gasteiger partial charge in [-0.1, -0.05) is 32.0 Å². The maximum atomic E-state index is 12.2. The molecule has 1 saturated carbocycles. The van der Waals surface area contributed by atoms with Crippen molar-refractivity contribution in [3.05, 3.63) is 54.1 Å². The van der Waals surface area contributed by atoms with Gasteiger partial charge >= 0.3 is 6.03 Å². The molecule has 6 heteroatoms. The van der Waals surface area contributed by atoms with E-state index in [2.05, 4.69) is 29.8 Å². The van der Waals surface area contributed by atoms with Crippen LogP contribution in [0, 0.1) is 0 Å². The number of anilines is 2. The third-order valence-corrected chi connectivity index (χ3v) is 4.76. The molecule has 3 amide bonds. The molecule has 1 aliphatic carbocycles. The van der Waals surface area contributed by atoms with Gasteiger partial charge in [-0.25, -0.2) is 4.79 Å². The summed E-state index contributed by atoms with van der Waals surface area (Å²) in [6, 6.07) is 14.9. The number of amides is 3. The highest BCUT2D eigenvalue weighted by Crippen LogP contribution is 2.28. The van der Waals surface area contributed by atoms with Gasteiger partial charge in [0.25, 0.3) is 5.91 Å². The highest BCUT2D eigenvalue weighted by Gasteiger charge is 2.23. The lowest BCUT2D eigenvalue weighted by molar-refractivity contribution is -0.118. The fourth-order valence-corrected chi connectivity index (χ4v) is 2.80. The van der Waals surface area contributed by atoms with Crippen molar-refractivity contribution in [3.63, 3.8) is 0 Å². The maximum absolute atomic E-state index is 12.2. The first-order valence-corrected chi connectivity index (χ1v) is 9.74. The van der Waals surface area contributed by atoms with Crippen LogP contribution in [0.15, 0.2) is 48.5 Å². The maximum Gasteiger partial charge on any atom is 0.319 e. The largest absolute Gasteiger partial charge is 0.483 e. The number of rotatable bonds is 8. The minimum atomic E-state index is -0.230. The summed E-state index contributed by atoms with van der Waals surface area (Å²) in [7, 11) is 0. The molecule has 28 heavy (non-hydrogen) atoms. The molecule has 0 saturated heterocycles. The van der Waals surface area contributed by atoms with Crippen molar-refractivity contribution in [1.29, 1.82) is 0 Å². The Morgan fingerprint density at radius 1 is 1.04 bits per heavy atom. The van der Waals surface area contributed by atoms with Crippen LogP contribution in [-0.2, 0) is 4.79 Å². The topological polar surface area (TPSA) is 79.5 Å². The van der Waals surface area contributed by atoms with Crippen LogP contribution in [0.5, 0.6) is 5.75 Å². The Labute approximate surface area is 165 Å². The smallest absolute Gasteiger partial charge is 0.319 e. The second kappa shape index (κ2) is 9.26. The summed E-state index contributed by atoms with van der Waals surface area (Å²) in [5.41, 5.74) is 2.43. The highest BCUT2D eigenvalue weighted by atomic mass is 16.5. The Hall–Kier alpha value is -3.02. The summed E-state index contributed by atoms with van der Waals surface area (Å²) in [5.74, 6) is 0.885. The molecular weight excluding hydrogens is 354 g/mol. The van der Waals surface area contributed by atoms with E-state index in [1.165, 1.54) is 0 Å². The molecule has 0 radical (unpaired) electrons. The monoisotopic (exact) mass is 381 g/mol.